The first-order valence-corrected chi connectivity index (χ1v) is 8.34. The molecule has 1 aromatic heterocycles. The highest BCUT2D eigenvalue weighted by Gasteiger charge is 2.06. The fraction of sp³-hybridized carbons (Fsp3) is 0.714. The van der Waals surface area contributed by atoms with E-state index in [0.717, 1.165) is 29.6 Å². The second-order valence-electron chi connectivity index (χ2n) is 4.68. The Balaban J connectivity index is 2.35. The number of rotatable bonds is 9. The van der Waals surface area contributed by atoms with Gasteiger partial charge in [0.2, 0.25) is 0 Å². The van der Waals surface area contributed by atoms with Gasteiger partial charge in [-0.15, -0.1) is 0 Å². The van der Waals surface area contributed by atoms with E-state index in [2.05, 4.69) is 26.9 Å². The van der Waals surface area contributed by atoms with Crippen molar-refractivity contribution in [1.82, 2.24) is 9.97 Å². The topological polar surface area (TPSA) is 49.8 Å². The average Bonchev–Trinajstić information content (AvgIpc) is 2.41. The molecule has 0 aliphatic rings. The van der Waals surface area contributed by atoms with Crippen LogP contribution in [0.3, 0.4) is 0 Å². The van der Waals surface area contributed by atoms with E-state index in [0.29, 0.717) is 0 Å². The number of anilines is 2. The van der Waals surface area contributed by atoms with Gasteiger partial charge in [-0.1, -0.05) is 12.8 Å². The zero-order chi connectivity index (χ0) is 14.1. The first-order valence-electron chi connectivity index (χ1n) is 6.94. The molecule has 0 aliphatic carbocycles. The third-order valence-corrected chi connectivity index (χ3v) is 3.76. The van der Waals surface area contributed by atoms with Gasteiger partial charge in [-0.3, -0.25) is 0 Å². The van der Waals surface area contributed by atoms with Gasteiger partial charge in [0.05, 0.1) is 0 Å². The predicted molar refractivity (Wildman–Crippen MR) is 86.4 cm³/mol. The summed E-state index contributed by atoms with van der Waals surface area (Å²) in [6, 6.07) is 0. The molecular formula is C14H26N4S. The van der Waals surface area contributed by atoms with E-state index in [-0.39, 0.29) is 0 Å². The van der Waals surface area contributed by atoms with E-state index in [1.807, 2.05) is 32.7 Å². The Hall–Kier alpha value is -0.970. The minimum Gasteiger partial charge on any atom is -0.373 e. The summed E-state index contributed by atoms with van der Waals surface area (Å²) in [5.74, 6) is 3.96. The monoisotopic (exact) mass is 282 g/mol. The van der Waals surface area contributed by atoms with Crippen molar-refractivity contribution >= 4 is 23.4 Å². The van der Waals surface area contributed by atoms with Crippen molar-refractivity contribution in [2.75, 3.05) is 36.2 Å². The lowest BCUT2D eigenvalue weighted by atomic mass is 10.2. The van der Waals surface area contributed by atoms with Gasteiger partial charge in [-0.05, 0) is 38.7 Å². The average molecular weight is 282 g/mol. The Morgan fingerprint density at radius 2 is 1.68 bits per heavy atom. The highest BCUT2D eigenvalue weighted by atomic mass is 32.2. The fourth-order valence-electron chi connectivity index (χ4n) is 1.98. The third kappa shape index (κ3) is 5.68. The summed E-state index contributed by atoms with van der Waals surface area (Å²) in [5, 5.41) is 6.53. The number of hydrogen-bond acceptors (Lipinski definition) is 5. The van der Waals surface area contributed by atoms with Gasteiger partial charge in [0.15, 0.2) is 0 Å². The first kappa shape index (κ1) is 16.1. The lowest BCUT2D eigenvalue weighted by molar-refractivity contribution is 0.688. The summed E-state index contributed by atoms with van der Waals surface area (Å²) in [6.45, 7) is 4.96. The smallest absolute Gasteiger partial charge is 0.134 e. The molecule has 1 rings (SSSR count). The Kier molecular flexibility index (Phi) is 7.63. The molecule has 108 valence electrons. The molecule has 0 spiro atoms. The number of aryl methyl sites for hydroxylation is 1. The lowest BCUT2D eigenvalue weighted by Crippen LogP contribution is -2.09. The molecule has 0 fully saturated rings. The normalized spacial score (nSPS) is 10.5. The molecule has 4 nitrogen and oxygen atoms in total. The molecule has 0 unspecified atom stereocenters. The van der Waals surface area contributed by atoms with Crippen LogP contribution in [0.2, 0.25) is 0 Å². The highest BCUT2D eigenvalue weighted by molar-refractivity contribution is 7.98. The van der Waals surface area contributed by atoms with Crippen molar-refractivity contribution in [2.24, 2.45) is 0 Å². The van der Waals surface area contributed by atoms with Crippen LogP contribution in [0.5, 0.6) is 0 Å². The molecular weight excluding hydrogens is 256 g/mol. The SMILES string of the molecule is CNc1nc(C)nc(NCCCCCCSC)c1C. The molecule has 0 saturated carbocycles. The maximum absolute atomic E-state index is 4.46. The standard InChI is InChI=1S/C14H26N4S/c1-11-13(15-3)17-12(2)18-14(11)16-9-7-5-6-8-10-19-4/h5-10H2,1-4H3,(H2,15,16,17,18). The molecule has 0 aromatic carbocycles. The van der Waals surface area contributed by atoms with Gasteiger partial charge in [-0.25, -0.2) is 9.97 Å². The van der Waals surface area contributed by atoms with Gasteiger partial charge in [0, 0.05) is 19.2 Å². The van der Waals surface area contributed by atoms with Crippen LogP contribution in [0.25, 0.3) is 0 Å². The number of thioether (sulfide) groups is 1. The Morgan fingerprint density at radius 1 is 1.00 bits per heavy atom. The fourth-order valence-corrected chi connectivity index (χ4v) is 2.47. The van der Waals surface area contributed by atoms with Crippen molar-refractivity contribution < 1.29 is 0 Å². The van der Waals surface area contributed by atoms with Crippen LogP contribution in [0.4, 0.5) is 11.6 Å². The van der Waals surface area contributed by atoms with Crippen molar-refractivity contribution in [3.63, 3.8) is 0 Å². The summed E-state index contributed by atoms with van der Waals surface area (Å²) < 4.78 is 0. The van der Waals surface area contributed by atoms with Gasteiger partial charge in [0.25, 0.3) is 0 Å². The van der Waals surface area contributed by atoms with Crippen LogP contribution in [0, 0.1) is 13.8 Å². The van der Waals surface area contributed by atoms with E-state index >= 15 is 0 Å². The molecule has 0 saturated heterocycles. The van der Waals surface area contributed by atoms with E-state index in [1.165, 1.54) is 31.4 Å². The van der Waals surface area contributed by atoms with E-state index < -0.39 is 0 Å². The molecule has 0 radical (unpaired) electrons. The second kappa shape index (κ2) is 9.02. The Bertz CT molecular complexity index is 382. The van der Waals surface area contributed by atoms with E-state index in [1.54, 1.807) is 0 Å². The maximum Gasteiger partial charge on any atom is 0.134 e. The van der Waals surface area contributed by atoms with Gasteiger partial charge < -0.3 is 10.6 Å². The van der Waals surface area contributed by atoms with Gasteiger partial charge in [-0.2, -0.15) is 11.8 Å². The number of nitrogens with zero attached hydrogens (tertiary/aromatic N) is 2. The highest BCUT2D eigenvalue weighted by Crippen LogP contribution is 2.19. The molecule has 0 aliphatic heterocycles. The largest absolute Gasteiger partial charge is 0.373 e. The predicted octanol–water partition coefficient (Wildman–Crippen LogP) is 3.47. The summed E-state index contributed by atoms with van der Waals surface area (Å²) in [6.07, 6.45) is 7.31. The lowest BCUT2D eigenvalue weighted by Gasteiger charge is -2.12. The molecule has 2 N–H and O–H groups in total. The molecule has 0 bridgehead atoms. The Morgan fingerprint density at radius 3 is 2.37 bits per heavy atom. The zero-order valence-corrected chi connectivity index (χ0v) is 13.4. The number of hydrogen-bond donors (Lipinski definition) is 2. The van der Waals surface area contributed by atoms with Crippen molar-refractivity contribution in [3.8, 4) is 0 Å². The maximum atomic E-state index is 4.46. The first-order chi connectivity index (χ1) is 9.19. The van der Waals surface area contributed by atoms with Crippen LogP contribution in [-0.2, 0) is 0 Å². The minimum atomic E-state index is 0.803. The quantitative estimate of drug-likeness (QED) is 0.679. The summed E-state index contributed by atoms with van der Waals surface area (Å²) in [4.78, 5) is 8.83. The molecule has 1 aromatic rings. The van der Waals surface area contributed by atoms with Crippen molar-refractivity contribution in [2.45, 2.75) is 39.5 Å². The van der Waals surface area contributed by atoms with Crippen molar-refractivity contribution in [3.05, 3.63) is 11.4 Å². The molecule has 0 amide bonds. The zero-order valence-electron chi connectivity index (χ0n) is 12.5. The third-order valence-electron chi connectivity index (χ3n) is 3.06. The molecule has 1 heterocycles. The molecule has 5 heteroatoms. The van der Waals surface area contributed by atoms with E-state index in [4.69, 9.17) is 0 Å². The van der Waals surface area contributed by atoms with Crippen LogP contribution in [0.15, 0.2) is 0 Å². The van der Waals surface area contributed by atoms with Crippen LogP contribution >= 0.6 is 11.8 Å². The summed E-state index contributed by atoms with van der Waals surface area (Å²) in [5.41, 5.74) is 1.09. The number of aromatic nitrogens is 2. The number of unbranched alkanes of at least 4 members (excludes halogenated alkanes) is 3. The van der Waals surface area contributed by atoms with Crippen molar-refractivity contribution in [1.29, 1.82) is 0 Å². The Labute approximate surface area is 121 Å². The summed E-state index contributed by atoms with van der Waals surface area (Å²) >= 11 is 1.93. The minimum absolute atomic E-state index is 0.803. The van der Waals surface area contributed by atoms with Crippen LogP contribution in [-0.4, -0.2) is 35.6 Å². The van der Waals surface area contributed by atoms with Gasteiger partial charge >= 0.3 is 0 Å². The van der Waals surface area contributed by atoms with E-state index in [9.17, 15) is 0 Å². The van der Waals surface area contributed by atoms with Crippen LogP contribution < -0.4 is 10.6 Å². The molecule has 19 heavy (non-hydrogen) atoms. The summed E-state index contributed by atoms with van der Waals surface area (Å²) in [7, 11) is 1.89. The number of nitrogens with one attached hydrogen (secondary N) is 2. The second-order valence-corrected chi connectivity index (χ2v) is 5.66. The molecule has 0 atom stereocenters. The van der Waals surface area contributed by atoms with Gasteiger partial charge in [0.1, 0.15) is 17.5 Å². The van der Waals surface area contributed by atoms with Crippen LogP contribution in [0.1, 0.15) is 37.1 Å².